The van der Waals surface area contributed by atoms with E-state index in [4.69, 9.17) is 5.11 Å². The van der Waals surface area contributed by atoms with Crippen LogP contribution in [0.3, 0.4) is 0 Å². The molecule has 3 heterocycles. The average Bonchev–Trinajstić information content (AvgIpc) is 3.22. The topological polar surface area (TPSA) is 96.3 Å². The smallest absolute Gasteiger partial charge is 0.394 e. The molecular formula is C14H11F3N4O3S. The zero-order valence-corrected chi connectivity index (χ0v) is 13.3. The second kappa shape index (κ2) is 6.39. The molecule has 132 valence electrons. The fourth-order valence-corrected chi connectivity index (χ4v) is 3.43. The minimum absolute atomic E-state index is 0.106. The van der Waals surface area contributed by atoms with Crippen molar-refractivity contribution in [3.63, 3.8) is 0 Å². The van der Waals surface area contributed by atoms with Crippen LogP contribution in [-0.4, -0.2) is 56.1 Å². The number of amides is 1. The van der Waals surface area contributed by atoms with E-state index in [2.05, 4.69) is 15.0 Å². The van der Waals surface area contributed by atoms with Crippen LogP contribution in [-0.2, 0) is 4.79 Å². The number of carboxylic acid groups (broad SMARTS) is 1. The first-order valence-electron chi connectivity index (χ1n) is 7.09. The minimum atomic E-state index is -4.69. The van der Waals surface area contributed by atoms with Crippen LogP contribution in [0.25, 0.3) is 10.8 Å². The van der Waals surface area contributed by atoms with Crippen molar-refractivity contribution in [1.82, 2.24) is 19.9 Å². The van der Waals surface area contributed by atoms with Crippen LogP contribution < -0.4 is 0 Å². The Bertz CT molecular complexity index is 796. The van der Waals surface area contributed by atoms with Gasteiger partial charge in [0.2, 0.25) is 0 Å². The molecule has 1 N–H and O–H groups in total. The molecule has 7 nitrogen and oxygen atoms in total. The van der Waals surface area contributed by atoms with Crippen molar-refractivity contribution < 1.29 is 27.9 Å². The van der Waals surface area contributed by atoms with Gasteiger partial charge in [-0.2, -0.15) is 13.2 Å². The summed E-state index contributed by atoms with van der Waals surface area (Å²) in [7, 11) is 0. The van der Waals surface area contributed by atoms with Crippen molar-refractivity contribution >= 4 is 23.2 Å². The predicted molar refractivity (Wildman–Crippen MR) is 79.7 cm³/mol. The first-order chi connectivity index (χ1) is 11.8. The summed E-state index contributed by atoms with van der Waals surface area (Å²) in [5.41, 5.74) is 0. The van der Waals surface area contributed by atoms with E-state index in [1.807, 2.05) is 0 Å². The summed E-state index contributed by atoms with van der Waals surface area (Å²) in [6.45, 7) is -1.18. The maximum Gasteiger partial charge on any atom is 0.394 e. The summed E-state index contributed by atoms with van der Waals surface area (Å²) in [5, 5.41) is 9.36. The number of alkyl halides is 3. The Hall–Kier alpha value is -2.56. The molecule has 1 saturated heterocycles. The lowest BCUT2D eigenvalue weighted by Gasteiger charge is -2.18. The van der Waals surface area contributed by atoms with Crippen molar-refractivity contribution in [2.75, 3.05) is 13.1 Å². The summed E-state index contributed by atoms with van der Waals surface area (Å²) in [5.74, 6) is -5.71. The van der Waals surface area contributed by atoms with Crippen LogP contribution in [0.2, 0.25) is 0 Å². The largest absolute Gasteiger partial charge is 0.481 e. The number of aliphatic carboxylic acids is 1. The lowest BCUT2D eigenvalue weighted by atomic mass is 9.96. The maximum absolute atomic E-state index is 13.0. The van der Waals surface area contributed by atoms with Crippen LogP contribution >= 0.6 is 11.3 Å². The van der Waals surface area contributed by atoms with Crippen LogP contribution in [0.1, 0.15) is 9.67 Å². The van der Waals surface area contributed by atoms with E-state index < -0.39 is 43.0 Å². The molecule has 2 atom stereocenters. The molecular weight excluding hydrogens is 361 g/mol. The van der Waals surface area contributed by atoms with Crippen LogP contribution in [0.4, 0.5) is 13.2 Å². The maximum atomic E-state index is 13.0. The zero-order valence-electron chi connectivity index (χ0n) is 12.5. The number of hydrogen-bond acceptors (Lipinski definition) is 6. The van der Waals surface area contributed by atoms with Gasteiger partial charge < -0.3 is 10.0 Å². The van der Waals surface area contributed by atoms with Crippen molar-refractivity contribution in [3.8, 4) is 10.8 Å². The standard InChI is InChI=1S/C14H11F3N4O3S/c15-14(16,17)8-6-21(5-7(8)13(23)24)12(22)9-4-20-11(25-9)10-18-2-1-3-19-10/h1-4,7-8H,5-6H2,(H,23,24)/t7-,8-/m1/s1. The van der Waals surface area contributed by atoms with E-state index in [-0.39, 0.29) is 4.88 Å². The van der Waals surface area contributed by atoms with Gasteiger partial charge in [-0.05, 0) is 6.07 Å². The van der Waals surface area contributed by atoms with E-state index in [0.717, 1.165) is 16.2 Å². The number of carboxylic acids is 1. The van der Waals surface area contributed by atoms with Crippen molar-refractivity contribution in [2.45, 2.75) is 6.18 Å². The number of aromatic nitrogens is 3. The van der Waals surface area contributed by atoms with Gasteiger partial charge in [0, 0.05) is 25.5 Å². The second-order valence-electron chi connectivity index (χ2n) is 5.41. The van der Waals surface area contributed by atoms with Crippen molar-refractivity contribution in [1.29, 1.82) is 0 Å². The fourth-order valence-electron chi connectivity index (χ4n) is 2.59. The van der Waals surface area contributed by atoms with Crippen LogP contribution in [0, 0.1) is 11.8 Å². The van der Waals surface area contributed by atoms with Gasteiger partial charge in [-0.15, -0.1) is 11.3 Å². The highest BCUT2D eigenvalue weighted by Gasteiger charge is 2.53. The van der Waals surface area contributed by atoms with Gasteiger partial charge in [-0.3, -0.25) is 9.59 Å². The van der Waals surface area contributed by atoms with Gasteiger partial charge in [0.15, 0.2) is 10.8 Å². The quantitative estimate of drug-likeness (QED) is 0.885. The molecule has 3 rings (SSSR count). The molecule has 0 bridgehead atoms. The molecule has 0 aromatic carbocycles. The third-order valence-electron chi connectivity index (χ3n) is 3.82. The van der Waals surface area contributed by atoms with Gasteiger partial charge in [0.25, 0.3) is 5.91 Å². The molecule has 25 heavy (non-hydrogen) atoms. The Labute approximate surface area is 143 Å². The number of halogens is 3. The predicted octanol–water partition coefficient (Wildman–Crippen LogP) is 1.94. The SMILES string of the molecule is O=C(O)[C@@H]1CN(C(=O)c2cnc(-c3ncccn3)s2)C[C@H]1C(F)(F)F. The van der Waals surface area contributed by atoms with Crippen LogP contribution in [0.15, 0.2) is 24.7 Å². The Morgan fingerprint density at radius 2 is 1.88 bits per heavy atom. The molecule has 0 spiro atoms. The Morgan fingerprint density at radius 1 is 1.20 bits per heavy atom. The Morgan fingerprint density at radius 3 is 2.44 bits per heavy atom. The van der Waals surface area contributed by atoms with Crippen LogP contribution in [0.5, 0.6) is 0 Å². The summed E-state index contributed by atoms with van der Waals surface area (Å²) in [6.07, 6.45) is -0.460. The van der Waals surface area contributed by atoms with Gasteiger partial charge in [-0.25, -0.2) is 15.0 Å². The number of carbonyl (C=O) groups is 2. The third kappa shape index (κ3) is 3.45. The zero-order chi connectivity index (χ0) is 18.2. The molecule has 1 aliphatic heterocycles. The average molecular weight is 372 g/mol. The number of carbonyl (C=O) groups excluding carboxylic acids is 1. The van der Waals surface area contributed by atoms with E-state index in [1.165, 1.54) is 18.6 Å². The Balaban J connectivity index is 1.80. The molecule has 2 aromatic rings. The molecule has 1 aliphatic rings. The summed E-state index contributed by atoms with van der Waals surface area (Å²) in [4.78, 5) is 36.5. The molecule has 0 aliphatic carbocycles. The first kappa shape index (κ1) is 17.3. The number of thiazole rings is 1. The van der Waals surface area contributed by atoms with Gasteiger partial charge in [0.1, 0.15) is 4.88 Å². The van der Waals surface area contributed by atoms with E-state index in [9.17, 15) is 22.8 Å². The molecule has 11 heteroatoms. The Kier molecular flexibility index (Phi) is 4.41. The fraction of sp³-hybridized carbons (Fsp3) is 0.357. The summed E-state index contributed by atoms with van der Waals surface area (Å²) >= 11 is 0.943. The lowest BCUT2D eigenvalue weighted by Crippen LogP contribution is -2.34. The van der Waals surface area contributed by atoms with Gasteiger partial charge in [-0.1, -0.05) is 0 Å². The lowest BCUT2D eigenvalue weighted by molar-refractivity contribution is -0.187. The molecule has 0 saturated carbocycles. The monoisotopic (exact) mass is 372 g/mol. The van der Waals surface area contributed by atoms with Crippen molar-refractivity contribution in [2.24, 2.45) is 11.8 Å². The second-order valence-corrected chi connectivity index (χ2v) is 6.44. The van der Waals surface area contributed by atoms with Gasteiger partial charge >= 0.3 is 12.1 Å². The molecule has 1 amide bonds. The molecule has 0 unspecified atom stereocenters. The normalized spacial score (nSPS) is 20.7. The highest BCUT2D eigenvalue weighted by molar-refractivity contribution is 7.16. The summed E-state index contributed by atoms with van der Waals surface area (Å²) < 4.78 is 39.0. The van der Waals surface area contributed by atoms with E-state index >= 15 is 0 Å². The molecule has 1 fully saturated rings. The number of likely N-dealkylation sites (tertiary alicyclic amines) is 1. The highest BCUT2D eigenvalue weighted by Crippen LogP contribution is 2.38. The molecule has 0 radical (unpaired) electrons. The van der Waals surface area contributed by atoms with E-state index in [0.29, 0.717) is 10.8 Å². The number of nitrogens with zero attached hydrogens (tertiary/aromatic N) is 4. The highest BCUT2D eigenvalue weighted by atomic mass is 32.1. The van der Waals surface area contributed by atoms with Crippen molar-refractivity contribution in [3.05, 3.63) is 29.5 Å². The molecule has 2 aromatic heterocycles. The summed E-state index contributed by atoms with van der Waals surface area (Å²) in [6, 6.07) is 1.61. The minimum Gasteiger partial charge on any atom is -0.481 e. The van der Waals surface area contributed by atoms with Gasteiger partial charge in [0.05, 0.1) is 18.0 Å². The number of rotatable bonds is 3. The third-order valence-corrected chi connectivity index (χ3v) is 4.80. The number of hydrogen-bond donors (Lipinski definition) is 1. The first-order valence-corrected chi connectivity index (χ1v) is 7.91. The van der Waals surface area contributed by atoms with E-state index in [1.54, 1.807) is 6.07 Å².